The van der Waals surface area contributed by atoms with Crippen LogP contribution in [0.3, 0.4) is 0 Å². The van der Waals surface area contributed by atoms with Crippen molar-refractivity contribution in [3.63, 3.8) is 0 Å². The van der Waals surface area contributed by atoms with Gasteiger partial charge in [-0.25, -0.2) is 0 Å². The van der Waals surface area contributed by atoms with Crippen LogP contribution in [0.1, 0.15) is 0 Å². The maximum atomic E-state index is 5.24. The Bertz CT molecular complexity index is 3690. The summed E-state index contributed by atoms with van der Waals surface area (Å²) in [5, 5.41) is 24.9. The molecule has 0 atom stereocenters. The smallest absolute Gasteiger partial charge is 0.168 e. The lowest BCUT2D eigenvalue weighted by Gasteiger charge is -2.14. The van der Waals surface area contributed by atoms with Crippen LogP contribution in [0.25, 0.3) is 115 Å². The van der Waals surface area contributed by atoms with Crippen LogP contribution in [0.5, 0.6) is 0 Å². The van der Waals surface area contributed by atoms with E-state index in [0.717, 1.165) is 44.5 Å². The molecule has 53 heavy (non-hydrogen) atoms. The van der Waals surface area contributed by atoms with Crippen molar-refractivity contribution in [1.29, 1.82) is 0 Å². The van der Waals surface area contributed by atoms with E-state index in [1.807, 2.05) is 0 Å². The Morgan fingerprint density at radius 1 is 0.302 bits per heavy atom. The van der Waals surface area contributed by atoms with Gasteiger partial charge in [-0.1, -0.05) is 127 Å². The van der Waals surface area contributed by atoms with Crippen molar-refractivity contribution in [1.82, 2.24) is 23.7 Å². The molecule has 0 aliphatic carbocycles. The summed E-state index contributed by atoms with van der Waals surface area (Å²) in [6, 6.07) is 59.2. The average molecular weight is 674 g/mol. The minimum atomic E-state index is 0.823. The summed E-state index contributed by atoms with van der Waals surface area (Å²) in [4.78, 5) is 0. The summed E-state index contributed by atoms with van der Waals surface area (Å²) in [7, 11) is 0. The molecule has 5 heteroatoms. The highest BCUT2D eigenvalue weighted by Gasteiger charge is 2.26. The molecule has 5 heterocycles. The van der Waals surface area contributed by atoms with Crippen LogP contribution in [0.4, 0.5) is 0 Å². The number of rotatable bonds is 2. The van der Waals surface area contributed by atoms with E-state index >= 15 is 0 Å². The molecule has 0 unspecified atom stereocenters. The normalized spacial score (nSPS) is 12.5. The molecule has 13 rings (SSSR count). The summed E-state index contributed by atoms with van der Waals surface area (Å²) >= 11 is 0. The van der Waals surface area contributed by atoms with Crippen LogP contribution in [0.15, 0.2) is 164 Å². The van der Waals surface area contributed by atoms with Gasteiger partial charge in [0.2, 0.25) is 0 Å². The molecule has 0 N–H and O–H groups in total. The van der Waals surface area contributed by atoms with Crippen LogP contribution >= 0.6 is 0 Å². The van der Waals surface area contributed by atoms with Gasteiger partial charge < -0.3 is 4.40 Å². The zero-order chi connectivity index (χ0) is 34.4. The third kappa shape index (κ3) is 3.33. The van der Waals surface area contributed by atoms with Crippen LogP contribution in [-0.4, -0.2) is 23.7 Å². The van der Waals surface area contributed by atoms with Crippen molar-refractivity contribution in [2.75, 3.05) is 0 Å². The van der Waals surface area contributed by atoms with Crippen LogP contribution in [-0.2, 0) is 0 Å². The van der Waals surface area contributed by atoms with Crippen molar-refractivity contribution in [3.8, 4) is 11.6 Å². The quantitative estimate of drug-likeness (QED) is 0.183. The zero-order valence-corrected chi connectivity index (χ0v) is 28.3. The molecular weight excluding hydrogens is 647 g/mol. The fraction of sp³-hybridized carbons (Fsp3) is 0. The van der Waals surface area contributed by atoms with Crippen molar-refractivity contribution < 1.29 is 0 Å². The first kappa shape index (κ1) is 27.5. The lowest BCUT2D eigenvalue weighted by Crippen LogP contribution is -2.06. The fourth-order valence-electron chi connectivity index (χ4n) is 9.55. The Balaban J connectivity index is 1.20. The molecule has 244 valence electrons. The zero-order valence-electron chi connectivity index (χ0n) is 28.3. The molecule has 5 aromatic heterocycles. The second-order valence-corrected chi connectivity index (χ2v) is 14.2. The van der Waals surface area contributed by atoms with E-state index in [9.17, 15) is 0 Å². The maximum absolute atomic E-state index is 5.24. The Kier molecular flexibility index (Phi) is 5.06. The van der Waals surface area contributed by atoms with E-state index in [4.69, 9.17) is 10.2 Å². The number of hydrogen-bond donors (Lipinski definition) is 0. The van der Waals surface area contributed by atoms with E-state index in [2.05, 4.69) is 177 Å². The molecule has 8 aromatic carbocycles. The van der Waals surface area contributed by atoms with Gasteiger partial charge in [-0.15, -0.1) is 10.2 Å². The molecule has 0 spiro atoms. The van der Waals surface area contributed by atoms with Gasteiger partial charge in [0.1, 0.15) is 0 Å². The summed E-state index contributed by atoms with van der Waals surface area (Å²) < 4.78 is 7.14. The Hall–Kier alpha value is -7.24. The van der Waals surface area contributed by atoms with Crippen molar-refractivity contribution in [3.05, 3.63) is 164 Å². The fourth-order valence-corrected chi connectivity index (χ4v) is 9.55. The average Bonchev–Trinajstić information content (AvgIpc) is 3.95. The molecule has 0 radical (unpaired) electrons. The topological polar surface area (TPSA) is 40.0 Å². The summed E-state index contributed by atoms with van der Waals surface area (Å²) in [6.45, 7) is 0. The van der Waals surface area contributed by atoms with Gasteiger partial charge in [0.25, 0.3) is 0 Å². The van der Waals surface area contributed by atoms with E-state index in [-0.39, 0.29) is 0 Å². The highest BCUT2D eigenvalue weighted by Crippen LogP contribution is 2.47. The SMILES string of the molecule is c1ccc2c(c1)ccc1c2c2ccccc2n1-c1nnc(-n2c3ccccc3c3cc4c5ccccc5n5c6ccccc6c(c32)c45)c2ccccc12. The van der Waals surface area contributed by atoms with Crippen molar-refractivity contribution in [2.45, 2.75) is 0 Å². The first-order valence-corrected chi connectivity index (χ1v) is 18.1. The molecule has 0 bridgehead atoms. The number of para-hydroxylation sites is 4. The van der Waals surface area contributed by atoms with E-state index < -0.39 is 0 Å². The molecule has 0 saturated carbocycles. The summed E-state index contributed by atoms with van der Waals surface area (Å²) in [5.74, 6) is 1.65. The highest BCUT2D eigenvalue weighted by atomic mass is 15.3. The maximum Gasteiger partial charge on any atom is 0.168 e. The van der Waals surface area contributed by atoms with Gasteiger partial charge in [0.15, 0.2) is 11.6 Å². The van der Waals surface area contributed by atoms with Crippen LogP contribution in [0.2, 0.25) is 0 Å². The minimum Gasteiger partial charge on any atom is -0.308 e. The van der Waals surface area contributed by atoms with Gasteiger partial charge >= 0.3 is 0 Å². The third-order valence-electron chi connectivity index (χ3n) is 11.6. The molecule has 0 aliphatic rings. The monoisotopic (exact) mass is 673 g/mol. The first-order valence-electron chi connectivity index (χ1n) is 18.1. The largest absolute Gasteiger partial charge is 0.308 e. The Labute approximate surface area is 301 Å². The molecule has 0 amide bonds. The number of benzene rings is 8. The van der Waals surface area contributed by atoms with Gasteiger partial charge in [-0.05, 0) is 47.2 Å². The molecule has 5 nitrogen and oxygen atoms in total. The lowest BCUT2D eigenvalue weighted by atomic mass is 10.0. The van der Waals surface area contributed by atoms with Gasteiger partial charge in [0.05, 0.1) is 38.6 Å². The molecule has 13 aromatic rings. The predicted molar refractivity (Wildman–Crippen MR) is 220 cm³/mol. The number of nitrogens with zero attached hydrogens (tertiary/aromatic N) is 5. The van der Waals surface area contributed by atoms with Gasteiger partial charge in [-0.2, -0.15) is 0 Å². The number of fused-ring (bicyclic) bond motifs is 16. The highest BCUT2D eigenvalue weighted by molar-refractivity contribution is 6.34. The molecule has 0 aliphatic heterocycles. The Morgan fingerprint density at radius 2 is 0.774 bits per heavy atom. The van der Waals surface area contributed by atoms with Crippen LogP contribution in [0, 0.1) is 0 Å². The van der Waals surface area contributed by atoms with Crippen molar-refractivity contribution in [2.24, 2.45) is 0 Å². The van der Waals surface area contributed by atoms with Crippen molar-refractivity contribution >= 4 is 103 Å². The first-order chi connectivity index (χ1) is 26.3. The van der Waals surface area contributed by atoms with E-state index in [1.165, 1.54) is 70.4 Å². The van der Waals surface area contributed by atoms with Gasteiger partial charge in [-0.3, -0.25) is 9.13 Å². The molecular formula is C48H27N5. The predicted octanol–water partition coefficient (Wildman–Crippen LogP) is 12.1. The standard InChI is InChI=1S/C48H27N5/c1-2-14-29-28(13-1)25-26-42-43(29)34-19-7-12-24-41(34)52(42)47-32-17-3-4-18-33(32)48(50-49-47)53-39-22-10-6-16-31(39)37-27-36-30-15-5-9-21-38(30)51-40-23-11-8-20-35(40)44(45(36)51)46(37)53/h1-27H. The molecule has 0 fully saturated rings. The number of hydrogen-bond acceptors (Lipinski definition) is 2. The minimum absolute atomic E-state index is 0.823. The van der Waals surface area contributed by atoms with E-state index in [1.54, 1.807) is 0 Å². The number of aromatic nitrogens is 5. The second kappa shape index (κ2) is 9.75. The van der Waals surface area contributed by atoms with Gasteiger partial charge in [0, 0.05) is 53.9 Å². The Morgan fingerprint density at radius 3 is 1.47 bits per heavy atom. The lowest BCUT2D eigenvalue weighted by molar-refractivity contribution is 0.930. The third-order valence-corrected chi connectivity index (χ3v) is 11.6. The second-order valence-electron chi connectivity index (χ2n) is 14.2. The van der Waals surface area contributed by atoms with Crippen LogP contribution < -0.4 is 0 Å². The summed E-state index contributed by atoms with van der Waals surface area (Å²) in [5.41, 5.74) is 8.19. The summed E-state index contributed by atoms with van der Waals surface area (Å²) in [6.07, 6.45) is 0. The van der Waals surface area contributed by atoms with E-state index in [0.29, 0.717) is 0 Å². The molecule has 0 saturated heterocycles.